The third-order valence-electron chi connectivity index (χ3n) is 3.79. The summed E-state index contributed by atoms with van der Waals surface area (Å²) in [6.07, 6.45) is 1.56. The number of rotatable bonds is 3. The zero-order valence-electron chi connectivity index (χ0n) is 13.4. The smallest absolute Gasteiger partial charge is 0.222 e. The molecule has 0 spiro atoms. The monoisotopic (exact) mass is 382 g/mol. The molecule has 0 amide bonds. The van der Waals surface area contributed by atoms with E-state index in [1.165, 1.54) is 17.4 Å². The number of nitrogens with zero attached hydrogens (tertiary/aromatic N) is 3. The summed E-state index contributed by atoms with van der Waals surface area (Å²) in [5, 5.41) is 0.878. The molecule has 4 aromatic rings. The normalized spacial score (nSPS) is 10.8. The number of aromatic nitrogens is 3. The molecule has 2 N–H and O–H groups in total. The Morgan fingerprint density at radius 2 is 1.77 bits per heavy atom. The summed E-state index contributed by atoms with van der Waals surface area (Å²) in [6, 6.07) is 16.3. The van der Waals surface area contributed by atoms with Gasteiger partial charge in [0, 0.05) is 17.3 Å². The van der Waals surface area contributed by atoms with Gasteiger partial charge in [0.2, 0.25) is 5.28 Å². The molecule has 0 unspecified atom stereocenters. The minimum atomic E-state index is -0.501. The van der Waals surface area contributed by atoms with Gasteiger partial charge < -0.3 is 5.73 Å². The Hall–Kier alpha value is -2.83. The van der Waals surface area contributed by atoms with Gasteiger partial charge in [0.05, 0.1) is 22.0 Å². The minimum Gasteiger partial charge on any atom is -0.396 e. The van der Waals surface area contributed by atoms with Gasteiger partial charge in [-0.25, -0.2) is 19.3 Å². The van der Waals surface area contributed by atoms with Crippen LogP contribution in [0.1, 0.15) is 0 Å². The summed E-state index contributed by atoms with van der Waals surface area (Å²) in [7, 11) is 0. The molecule has 0 aliphatic rings. The summed E-state index contributed by atoms with van der Waals surface area (Å²) in [6.45, 7) is 0. The lowest BCUT2D eigenvalue weighted by Gasteiger charge is -2.05. The molecule has 7 heteroatoms. The van der Waals surface area contributed by atoms with E-state index in [0.29, 0.717) is 21.8 Å². The Balaban J connectivity index is 1.97. The van der Waals surface area contributed by atoms with Crippen LogP contribution in [0, 0.1) is 5.82 Å². The Morgan fingerprint density at radius 3 is 2.54 bits per heavy atom. The van der Waals surface area contributed by atoms with Crippen LogP contribution in [0.4, 0.5) is 10.1 Å². The number of thiazole rings is 1. The molecule has 4 nitrogen and oxygen atoms in total. The van der Waals surface area contributed by atoms with Crippen LogP contribution in [0.5, 0.6) is 0 Å². The van der Waals surface area contributed by atoms with Gasteiger partial charge in [-0.05, 0) is 29.8 Å². The third-order valence-corrected chi connectivity index (χ3v) is 5.10. The first-order chi connectivity index (χ1) is 12.6. The largest absolute Gasteiger partial charge is 0.396 e. The van der Waals surface area contributed by atoms with Gasteiger partial charge in [0.15, 0.2) is 5.82 Å². The Morgan fingerprint density at radius 1 is 0.962 bits per heavy atom. The molecule has 0 radical (unpaired) electrons. The van der Waals surface area contributed by atoms with Crippen molar-refractivity contribution in [3.63, 3.8) is 0 Å². The third kappa shape index (κ3) is 3.05. The van der Waals surface area contributed by atoms with Gasteiger partial charge in [0.1, 0.15) is 5.01 Å². The number of anilines is 1. The summed E-state index contributed by atoms with van der Waals surface area (Å²) in [5.74, 6) is -0.501. The van der Waals surface area contributed by atoms with E-state index in [1.54, 1.807) is 24.4 Å². The zero-order chi connectivity index (χ0) is 18.1. The maximum absolute atomic E-state index is 14.7. The lowest BCUT2D eigenvalue weighted by molar-refractivity contribution is 0.635. The highest BCUT2D eigenvalue weighted by molar-refractivity contribution is 7.18. The van der Waals surface area contributed by atoms with Crippen molar-refractivity contribution in [2.45, 2.75) is 0 Å². The highest BCUT2D eigenvalue weighted by Gasteiger charge is 2.20. The predicted octanol–water partition coefficient (Wildman–Crippen LogP) is 5.31. The highest BCUT2D eigenvalue weighted by Crippen LogP contribution is 2.41. The van der Waals surface area contributed by atoms with Crippen LogP contribution in [0.25, 0.3) is 32.4 Å². The van der Waals surface area contributed by atoms with E-state index in [-0.39, 0.29) is 11.0 Å². The van der Waals surface area contributed by atoms with Crippen molar-refractivity contribution in [1.82, 2.24) is 15.0 Å². The summed E-state index contributed by atoms with van der Waals surface area (Å²) in [5.41, 5.74) is 8.15. The Bertz CT molecular complexity index is 1080. The molecule has 0 aliphatic carbocycles. The fourth-order valence-electron chi connectivity index (χ4n) is 2.57. The van der Waals surface area contributed by atoms with Crippen LogP contribution < -0.4 is 5.73 Å². The molecule has 0 fully saturated rings. The average molecular weight is 383 g/mol. The van der Waals surface area contributed by atoms with Crippen molar-refractivity contribution in [3.05, 3.63) is 71.9 Å². The van der Waals surface area contributed by atoms with Crippen LogP contribution >= 0.6 is 22.9 Å². The molecular weight excluding hydrogens is 371 g/mol. The maximum Gasteiger partial charge on any atom is 0.222 e. The van der Waals surface area contributed by atoms with Gasteiger partial charge in [-0.1, -0.05) is 36.4 Å². The molecule has 2 aromatic heterocycles. The van der Waals surface area contributed by atoms with E-state index in [2.05, 4.69) is 15.0 Å². The fourth-order valence-corrected chi connectivity index (χ4v) is 3.78. The number of nitrogen functional groups attached to an aromatic ring is 1. The second-order valence-electron chi connectivity index (χ2n) is 5.48. The fraction of sp³-hybridized carbons (Fsp3) is 0. The van der Waals surface area contributed by atoms with Gasteiger partial charge >= 0.3 is 0 Å². The van der Waals surface area contributed by atoms with E-state index in [0.717, 1.165) is 10.6 Å². The molecule has 0 atom stereocenters. The predicted molar refractivity (Wildman–Crippen MR) is 103 cm³/mol. The van der Waals surface area contributed by atoms with Crippen LogP contribution in [-0.2, 0) is 0 Å². The second kappa shape index (κ2) is 6.82. The van der Waals surface area contributed by atoms with E-state index in [1.807, 2.05) is 30.3 Å². The van der Waals surface area contributed by atoms with Gasteiger partial charge in [0.25, 0.3) is 0 Å². The molecule has 2 aromatic carbocycles. The first-order valence-corrected chi connectivity index (χ1v) is 8.92. The number of hydrogen-bond acceptors (Lipinski definition) is 5. The average Bonchev–Trinajstić information content (AvgIpc) is 3.10. The highest BCUT2D eigenvalue weighted by atomic mass is 35.5. The molecule has 4 rings (SSSR count). The van der Waals surface area contributed by atoms with Gasteiger partial charge in [-0.2, -0.15) is 0 Å². The number of nitrogens with two attached hydrogens (primary N) is 1. The van der Waals surface area contributed by atoms with Crippen LogP contribution in [0.15, 0.2) is 60.8 Å². The van der Waals surface area contributed by atoms with Crippen LogP contribution in [0.2, 0.25) is 5.28 Å². The SMILES string of the molecule is Nc1cccc(-c2nc(-c3ccccc3)sc2-c2ccnc(Cl)n2)c1F. The van der Waals surface area contributed by atoms with E-state index < -0.39 is 5.82 Å². The Labute approximate surface area is 158 Å². The van der Waals surface area contributed by atoms with Crippen molar-refractivity contribution >= 4 is 28.6 Å². The molecule has 0 saturated heterocycles. The van der Waals surface area contributed by atoms with Crippen molar-refractivity contribution in [2.75, 3.05) is 5.73 Å². The number of benzene rings is 2. The number of halogens is 2. The summed E-state index contributed by atoms with van der Waals surface area (Å²) >= 11 is 7.36. The first-order valence-electron chi connectivity index (χ1n) is 7.73. The summed E-state index contributed by atoms with van der Waals surface area (Å²) < 4.78 is 14.7. The molecule has 2 heterocycles. The molecule has 128 valence electrons. The molecule has 26 heavy (non-hydrogen) atoms. The van der Waals surface area contributed by atoms with E-state index in [4.69, 9.17) is 17.3 Å². The quantitative estimate of drug-likeness (QED) is 0.385. The zero-order valence-corrected chi connectivity index (χ0v) is 14.9. The first kappa shape index (κ1) is 16.6. The van der Waals surface area contributed by atoms with Crippen LogP contribution in [-0.4, -0.2) is 15.0 Å². The number of hydrogen-bond donors (Lipinski definition) is 1. The molecule has 0 saturated carbocycles. The second-order valence-corrected chi connectivity index (χ2v) is 6.82. The minimum absolute atomic E-state index is 0.0726. The topological polar surface area (TPSA) is 64.7 Å². The van der Waals surface area contributed by atoms with Crippen molar-refractivity contribution in [3.8, 4) is 32.4 Å². The van der Waals surface area contributed by atoms with Crippen molar-refractivity contribution < 1.29 is 4.39 Å². The van der Waals surface area contributed by atoms with Gasteiger partial charge in [-0.15, -0.1) is 11.3 Å². The van der Waals surface area contributed by atoms with Crippen molar-refractivity contribution in [1.29, 1.82) is 0 Å². The van der Waals surface area contributed by atoms with E-state index >= 15 is 0 Å². The molecule has 0 bridgehead atoms. The lowest BCUT2D eigenvalue weighted by Crippen LogP contribution is -1.95. The standard InChI is InChI=1S/C19H12ClFN4S/c20-19-23-10-9-14(24-19)17-16(12-7-4-8-13(22)15(12)21)25-18(26-17)11-5-2-1-3-6-11/h1-10H,22H2. The van der Waals surface area contributed by atoms with Crippen molar-refractivity contribution in [2.24, 2.45) is 0 Å². The Kier molecular flexibility index (Phi) is 4.36. The maximum atomic E-state index is 14.7. The molecular formula is C19H12ClFN4S. The summed E-state index contributed by atoms with van der Waals surface area (Å²) in [4.78, 5) is 13.6. The van der Waals surface area contributed by atoms with E-state index in [9.17, 15) is 4.39 Å². The lowest BCUT2D eigenvalue weighted by atomic mass is 10.1. The van der Waals surface area contributed by atoms with Gasteiger partial charge in [-0.3, -0.25) is 0 Å². The molecule has 0 aliphatic heterocycles. The van der Waals surface area contributed by atoms with Crippen LogP contribution in [0.3, 0.4) is 0 Å².